The van der Waals surface area contributed by atoms with Gasteiger partial charge in [0.15, 0.2) is 12.2 Å². The number of rotatable bonds is 69. The van der Waals surface area contributed by atoms with Crippen molar-refractivity contribution >= 4 is 39.5 Å². The van der Waals surface area contributed by atoms with E-state index in [1.807, 2.05) is 0 Å². The average molecular weight is 1350 g/mol. The first-order valence-corrected chi connectivity index (χ1v) is 40.2. The fourth-order valence-electron chi connectivity index (χ4n) is 10.5. The largest absolute Gasteiger partial charge is 0.472 e. The lowest BCUT2D eigenvalue weighted by atomic mass is 10.00. The number of esters is 4. The van der Waals surface area contributed by atoms with E-state index in [2.05, 4.69) is 72.8 Å². The zero-order chi connectivity index (χ0) is 68.0. The zero-order valence-corrected chi connectivity index (χ0v) is 61.3. The number of ether oxygens (including phenoxy) is 4. The summed E-state index contributed by atoms with van der Waals surface area (Å²) in [6.45, 7) is 11.7. The van der Waals surface area contributed by atoms with E-state index in [0.717, 1.165) is 133 Å². The van der Waals surface area contributed by atoms with Crippen molar-refractivity contribution < 1.29 is 80.2 Å². The highest BCUT2D eigenvalue weighted by atomic mass is 31.2. The molecule has 542 valence electrons. The second-order valence-electron chi connectivity index (χ2n) is 26.6. The number of hydrogen-bond acceptors (Lipinski definition) is 15. The van der Waals surface area contributed by atoms with Crippen molar-refractivity contribution in [2.45, 2.75) is 362 Å². The maximum Gasteiger partial charge on any atom is 0.472 e. The highest BCUT2D eigenvalue weighted by Crippen LogP contribution is 2.45. The average Bonchev–Trinajstić information content (AvgIpc) is 1.58. The molecule has 7 atom stereocenters. The van der Waals surface area contributed by atoms with Gasteiger partial charge in [0, 0.05) is 25.7 Å². The number of carbonyl (C=O) groups is 4. The van der Waals surface area contributed by atoms with E-state index in [1.54, 1.807) is 0 Å². The van der Waals surface area contributed by atoms with E-state index in [0.29, 0.717) is 25.7 Å². The molecule has 0 spiro atoms. The smallest absolute Gasteiger partial charge is 0.462 e. The van der Waals surface area contributed by atoms with E-state index in [-0.39, 0.29) is 25.7 Å². The molecule has 19 heteroatoms. The van der Waals surface area contributed by atoms with Crippen LogP contribution in [0.1, 0.15) is 344 Å². The highest BCUT2D eigenvalue weighted by molar-refractivity contribution is 7.47. The van der Waals surface area contributed by atoms with E-state index in [1.165, 1.54) is 128 Å². The minimum Gasteiger partial charge on any atom is -0.462 e. The molecule has 17 nitrogen and oxygen atoms in total. The van der Waals surface area contributed by atoms with Crippen LogP contribution in [0.3, 0.4) is 0 Å². The number of phosphoric ester groups is 2. The van der Waals surface area contributed by atoms with Gasteiger partial charge in [0.05, 0.1) is 26.4 Å². The van der Waals surface area contributed by atoms with Gasteiger partial charge in [-0.05, 0) is 69.1 Å². The molecule has 0 aromatic rings. The summed E-state index contributed by atoms with van der Waals surface area (Å²) in [5, 5.41) is 10.6. The molecule has 0 saturated heterocycles. The van der Waals surface area contributed by atoms with Crippen molar-refractivity contribution in [3.8, 4) is 0 Å². The second-order valence-corrected chi connectivity index (χ2v) is 29.5. The van der Waals surface area contributed by atoms with Crippen LogP contribution in [0.15, 0.2) is 24.3 Å². The van der Waals surface area contributed by atoms with Gasteiger partial charge in [-0.1, -0.05) is 291 Å². The van der Waals surface area contributed by atoms with Gasteiger partial charge in [-0.25, -0.2) is 9.13 Å². The summed E-state index contributed by atoms with van der Waals surface area (Å²) in [5.74, 6) is 0.0837. The minimum absolute atomic E-state index is 0.0995. The molecular weight excluding hydrogens is 1210 g/mol. The van der Waals surface area contributed by atoms with E-state index < -0.39 is 97.5 Å². The van der Waals surface area contributed by atoms with Crippen LogP contribution in [0.25, 0.3) is 0 Å². The Bertz CT molecular complexity index is 1900. The molecular formula is C73H138O17P2. The topological polar surface area (TPSA) is 237 Å². The highest BCUT2D eigenvalue weighted by Gasteiger charge is 2.30. The van der Waals surface area contributed by atoms with Crippen molar-refractivity contribution in [1.82, 2.24) is 0 Å². The van der Waals surface area contributed by atoms with Crippen molar-refractivity contribution in [3.63, 3.8) is 0 Å². The minimum atomic E-state index is -4.96. The van der Waals surface area contributed by atoms with Gasteiger partial charge in [0.1, 0.15) is 19.3 Å². The van der Waals surface area contributed by atoms with Gasteiger partial charge < -0.3 is 33.8 Å². The second kappa shape index (κ2) is 63.3. The van der Waals surface area contributed by atoms with Crippen LogP contribution in [-0.4, -0.2) is 96.7 Å². The van der Waals surface area contributed by atoms with Gasteiger partial charge in [-0.15, -0.1) is 0 Å². The molecule has 0 aliphatic heterocycles. The van der Waals surface area contributed by atoms with Gasteiger partial charge >= 0.3 is 39.5 Å². The number of unbranched alkanes of at least 4 members (excludes halogenated alkanes) is 32. The molecule has 0 bridgehead atoms. The summed E-state index contributed by atoms with van der Waals surface area (Å²) in [4.78, 5) is 72.6. The van der Waals surface area contributed by atoms with Crippen molar-refractivity contribution in [1.29, 1.82) is 0 Å². The van der Waals surface area contributed by atoms with Crippen LogP contribution < -0.4 is 0 Å². The standard InChI is InChI=1S/C73H138O17P2/c1-8-11-12-13-14-15-16-17-18-22-25-28-31-40-47-54-70(75)83-60-68(89-72(77)56-49-42-32-29-26-23-20-19-21-24-27-30-37-44-51-64(4)5)62-87-91(79,80)85-58-67(74)59-86-92(81,82)88-63-69(90-73(78)57-50-43-36-34-39-46-53-66(7)10-3)61-84-71(76)55-48-41-35-33-38-45-52-65(6)9-2/h15-18,64-69,74H,8-14,19-63H2,1-7H3,(H,79,80)(H,81,82)/b16-15-,18-17-/t65?,66?,67-,68-,69-/m1/s1. The fraction of sp³-hybridized carbons (Fsp3) is 0.890. The lowest BCUT2D eigenvalue weighted by Gasteiger charge is -2.21. The first-order valence-electron chi connectivity index (χ1n) is 37.2. The first-order chi connectivity index (χ1) is 44.3. The Hall–Kier alpha value is -2.46. The summed E-state index contributed by atoms with van der Waals surface area (Å²) >= 11 is 0. The lowest BCUT2D eigenvalue weighted by molar-refractivity contribution is -0.161. The molecule has 0 aliphatic carbocycles. The van der Waals surface area contributed by atoms with Crippen LogP contribution in [0.5, 0.6) is 0 Å². The number of hydrogen-bond donors (Lipinski definition) is 3. The van der Waals surface area contributed by atoms with Gasteiger partial charge in [-0.3, -0.25) is 37.3 Å². The maximum absolute atomic E-state index is 13.1. The molecule has 3 N–H and O–H groups in total. The number of allylic oxidation sites excluding steroid dienone is 4. The normalized spacial score (nSPS) is 14.9. The van der Waals surface area contributed by atoms with Crippen molar-refractivity contribution in [3.05, 3.63) is 24.3 Å². The molecule has 0 fully saturated rings. The van der Waals surface area contributed by atoms with Crippen molar-refractivity contribution in [2.24, 2.45) is 17.8 Å². The van der Waals surface area contributed by atoms with Crippen LogP contribution in [0, 0.1) is 17.8 Å². The van der Waals surface area contributed by atoms with Crippen LogP contribution in [0.4, 0.5) is 0 Å². The summed E-state index contributed by atoms with van der Waals surface area (Å²) in [7, 11) is -9.92. The molecule has 0 heterocycles. The van der Waals surface area contributed by atoms with Crippen LogP contribution >= 0.6 is 15.6 Å². The first kappa shape index (κ1) is 89.5. The number of phosphoric acid groups is 2. The zero-order valence-electron chi connectivity index (χ0n) is 59.5. The van der Waals surface area contributed by atoms with E-state index in [9.17, 15) is 43.2 Å². The molecule has 0 aliphatic rings. The Balaban J connectivity index is 5.28. The van der Waals surface area contributed by atoms with Gasteiger partial charge in [0.2, 0.25) is 0 Å². The summed E-state index contributed by atoms with van der Waals surface area (Å²) in [5.41, 5.74) is 0. The molecule has 0 saturated carbocycles. The SMILES string of the molecule is CCCCCC/C=C\C=C/CCCCCCCC(=O)OC[C@H](COP(=O)(O)OC[C@@H](O)COP(=O)(O)OC[C@@H](COC(=O)CCCCCCCCC(C)CC)OC(=O)CCCCCCCCC(C)CC)OC(=O)CCCCCCCCCCCCCCCCC(C)C. The Kier molecular flexibility index (Phi) is 61.6. The summed E-state index contributed by atoms with van der Waals surface area (Å²) < 4.78 is 68.3. The van der Waals surface area contributed by atoms with Gasteiger partial charge in [-0.2, -0.15) is 0 Å². The Labute approximate surface area is 561 Å². The Morgan fingerprint density at radius 2 is 0.641 bits per heavy atom. The monoisotopic (exact) mass is 1350 g/mol. The molecule has 0 rings (SSSR count). The number of aliphatic hydroxyl groups is 1. The third-order valence-electron chi connectivity index (χ3n) is 17.0. The molecule has 0 aromatic carbocycles. The number of aliphatic hydroxyl groups excluding tert-OH is 1. The maximum atomic E-state index is 13.1. The predicted molar refractivity (Wildman–Crippen MR) is 372 cm³/mol. The summed E-state index contributed by atoms with van der Waals surface area (Å²) in [6.07, 6.45) is 50.9. The quantitative estimate of drug-likeness (QED) is 0.0169. The molecule has 4 unspecified atom stereocenters. The number of carbonyl (C=O) groups excluding carboxylic acids is 4. The fourth-order valence-corrected chi connectivity index (χ4v) is 12.0. The molecule has 0 amide bonds. The molecule has 0 radical (unpaired) electrons. The predicted octanol–water partition coefficient (Wildman–Crippen LogP) is 20.6. The Morgan fingerprint density at radius 1 is 0.359 bits per heavy atom. The van der Waals surface area contributed by atoms with Crippen LogP contribution in [0.2, 0.25) is 0 Å². The lowest BCUT2D eigenvalue weighted by Crippen LogP contribution is -2.30. The van der Waals surface area contributed by atoms with E-state index >= 15 is 0 Å². The van der Waals surface area contributed by atoms with Crippen LogP contribution in [-0.2, 0) is 65.4 Å². The van der Waals surface area contributed by atoms with E-state index in [4.69, 9.17) is 37.0 Å². The Morgan fingerprint density at radius 3 is 0.967 bits per heavy atom. The third-order valence-corrected chi connectivity index (χ3v) is 18.9. The van der Waals surface area contributed by atoms with Gasteiger partial charge in [0.25, 0.3) is 0 Å². The molecule has 0 aromatic heterocycles. The van der Waals surface area contributed by atoms with Crippen molar-refractivity contribution in [2.75, 3.05) is 39.6 Å². The third kappa shape index (κ3) is 63.6. The molecule has 92 heavy (non-hydrogen) atoms. The summed E-state index contributed by atoms with van der Waals surface area (Å²) in [6, 6.07) is 0.